The summed E-state index contributed by atoms with van der Waals surface area (Å²) in [6.45, 7) is 2.84. The SMILES string of the molecule is CC(CN)N(c1cncnc1)C1CCCC1. The van der Waals surface area contributed by atoms with E-state index in [1.165, 1.54) is 25.7 Å². The zero-order valence-electron chi connectivity index (χ0n) is 9.84. The van der Waals surface area contributed by atoms with E-state index >= 15 is 0 Å². The van der Waals surface area contributed by atoms with Gasteiger partial charge in [0.25, 0.3) is 0 Å². The Kier molecular flexibility index (Phi) is 3.72. The van der Waals surface area contributed by atoms with Crippen molar-refractivity contribution in [2.75, 3.05) is 11.4 Å². The van der Waals surface area contributed by atoms with Gasteiger partial charge in [0.15, 0.2) is 0 Å². The summed E-state index contributed by atoms with van der Waals surface area (Å²) in [7, 11) is 0. The van der Waals surface area contributed by atoms with Gasteiger partial charge in [-0.2, -0.15) is 0 Å². The highest BCUT2D eigenvalue weighted by atomic mass is 15.2. The van der Waals surface area contributed by atoms with Crippen molar-refractivity contribution in [3.05, 3.63) is 18.7 Å². The minimum atomic E-state index is 0.356. The first-order chi connectivity index (χ1) is 7.83. The monoisotopic (exact) mass is 220 g/mol. The fourth-order valence-electron chi connectivity index (χ4n) is 2.55. The molecule has 1 aliphatic rings. The van der Waals surface area contributed by atoms with E-state index in [2.05, 4.69) is 21.8 Å². The van der Waals surface area contributed by atoms with Gasteiger partial charge in [-0.25, -0.2) is 9.97 Å². The number of nitrogens with two attached hydrogens (primary N) is 1. The highest BCUT2D eigenvalue weighted by Gasteiger charge is 2.26. The molecule has 1 heterocycles. The Morgan fingerprint density at radius 1 is 1.38 bits per heavy atom. The molecule has 1 aromatic heterocycles. The van der Waals surface area contributed by atoms with Gasteiger partial charge in [-0.1, -0.05) is 12.8 Å². The topological polar surface area (TPSA) is 55.0 Å². The maximum Gasteiger partial charge on any atom is 0.115 e. The first-order valence-corrected chi connectivity index (χ1v) is 6.06. The van der Waals surface area contributed by atoms with Crippen LogP contribution < -0.4 is 10.6 Å². The molecule has 0 radical (unpaired) electrons. The quantitative estimate of drug-likeness (QED) is 0.837. The van der Waals surface area contributed by atoms with Crippen LogP contribution in [0.3, 0.4) is 0 Å². The molecule has 88 valence electrons. The molecule has 16 heavy (non-hydrogen) atoms. The van der Waals surface area contributed by atoms with Crippen LogP contribution in [0.2, 0.25) is 0 Å². The van der Waals surface area contributed by atoms with Crippen molar-refractivity contribution in [1.82, 2.24) is 9.97 Å². The highest BCUT2D eigenvalue weighted by molar-refractivity contribution is 5.44. The third-order valence-corrected chi connectivity index (χ3v) is 3.38. The van der Waals surface area contributed by atoms with Crippen LogP contribution in [-0.2, 0) is 0 Å². The first-order valence-electron chi connectivity index (χ1n) is 6.06. The molecule has 0 aliphatic heterocycles. The molecule has 2 rings (SSSR count). The number of hydrogen-bond acceptors (Lipinski definition) is 4. The summed E-state index contributed by atoms with van der Waals surface area (Å²) in [6.07, 6.45) is 10.5. The maximum atomic E-state index is 5.80. The lowest BCUT2D eigenvalue weighted by molar-refractivity contribution is 0.533. The zero-order chi connectivity index (χ0) is 11.4. The first kappa shape index (κ1) is 11.3. The van der Waals surface area contributed by atoms with Crippen LogP contribution in [0.4, 0.5) is 5.69 Å². The van der Waals surface area contributed by atoms with Gasteiger partial charge in [-0.05, 0) is 19.8 Å². The Labute approximate surface area is 96.9 Å². The lowest BCUT2D eigenvalue weighted by atomic mass is 10.1. The van der Waals surface area contributed by atoms with Crippen LogP contribution in [0.15, 0.2) is 18.7 Å². The van der Waals surface area contributed by atoms with E-state index in [1.54, 1.807) is 6.33 Å². The van der Waals surface area contributed by atoms with Crippen molar-refractivity contribution < 1.29 is 0 Å². The van der Waals surface area contributed by atoms with Gasteiger partial charge in [-0.15, -0.1) is 0 Å². The number of hydrogen-bond donors (Lipinski definition) is 1. The highest BCUT2D eigenvalue weighted by Crippen LogP contribution is 2.28. The molecule has 1 saturated carbocycles. The van der Waals surface area contributed by atoms with Gasteiger partial charge >= 0.3 is 0 Å². The minimum Gasteiger partial charge on any atom is -0.362 e. The molecule has 1 fully saturated rings. The summed E-state index contributed by atoms with van der Waals surface area (Å²) in [5.41, 5.74) is 6.90. The number of aromatic nitrogens is 2. The molecule has 0 bridgehead atoms. The van der Waals surface area contributed by atoms with E-state index in [0.29, 0.717) is 18.6 Å². The molecule has 0 saturated heterocycles. The van der Waals surface area contributed by atoms with Crippen LogP contribution in [0, 0.1) is 0 Å². The summed E-state index contributed by atoms with van der Waals surface area (Å²) in [4.78, 5) is 10.6. The Hall–Kier alpha value is -1.16. The molecule has 2 N–H and O–H groups in total. The van der Waals surface area contributed by atoms with Crippen LogP contribution in [0.5, 0.6) is 0 Å². The number of anilines is 1. The molecular formula is C12H20N4. The second-order valence-corrected chi connectivity index (χ2v) is 4.53. The Balaban J connectivity index is 2.20. The third-order valence-electron chi connectivity index (χ3n) is 3.38. The standard InChI is InChI=1S/C12H20N4/c1-10(6-13)16(11-4-2-3-5-11)12-7-14-9-15-8-12/h7-11H,2-6,13H2,1H3. The third kappa shape index (κ3) is 2.32. The number of rotatable bonds is 4. The Morgan fingerprint density at radius 3 is 2.56 bits per heavy atom. The molecule has 1 atom stereocenters. The molecule has 1 aromatic rings. The van der Waals surface area contributed by atoms with E-state index in [4.69, 9.17) is 5.73 Å². The van der Waals surface area contributed by atoms with Crippen molar-refractivity contribution in [2.45, 2.75) is 44.7 Å². The van der Waals surface area contributed by atoms with Gasteiger partial charge in [-0.3, -0.25) is 0 Å². The number of nitrogens with zero attached hydrogens (tertiary/aromatic N) is 3. The second kappa shape index (κ2) is 5.25. The molecular weight excluding hydrogens is 200 g/mol. The predicted octanol–water partition coefficient (Wildman–Crippen LogP) is 1.57. The van der Waals surface area contributed by atoms with Crippen LogP contribution in [0.25, 0.3) is 0 Å². The molecule has 0 aromatic carbocycles. The zero-order valence-corrected chi connectivity index (χ0v) is 9.84. The van der Waals surface area contributed by atoms with Gasteiger partial charge in [0.1, 0.15) is 6.33 Å². The minimum absolute atomic E-state index is 0.356. The van der Waals surface area contributed by atoms with Gasteiger partial charge < -0.3 is 10.6 Å². The average molecular weight is 220 g/mol. The fraction of sp³-hybridized carbons (Fsp3) is 0.667. The average Bonchev–Trinajstić information content (AvgIpc) is 2.84. The summed E-state index contributed by atoms with van der Waals surface area (Å²) in [6, 6.07) is 0.971. The largest absolute Gasteiger partial charge is 0.362 e. The van der Waals surface area contributed by atoms with Crippen molar-refractivity contribution in [2.24, 2.45) is 5.73 Å². The summed E-state index contributed by atoms with van der Waals surface area (Å²) < 4.78 is 0. The Morgan fingerprint density at radius 2 is 2.00 bits per heavy atom. The van der Waals surface area contributed by atoms with Crippen molar-refractivity contribution in [1.29, 1.82) is 0 Å². The van der Waals surface area contributed by atoms with Gasteiger partial charge in [0, 0.05) is 18.6 Å². The van der Waals surface area contributed by atoms with E-state index < -0.39 is 0 Å². The lowest BCUT2D eigenvalue weighted by Gasteiger charge is -2.35. The van der Waals surface area contributed by atoms with E-state index in [-0.39, 0.29) is 0 Å². The van der Waals surface area contributed by atoms with Crippen LogP contribution >= 0.6 is 0 Å². The fourth-order valence-corrected chi connectivity index (χ4v) is 2.55. The smallest absolute Gasteiger partial charge is 0.115 e. The second-order valence-electron chi connectivity index (χ2n) is 4.53. The van der Waals surface area contributed by atoms with Crippen LogP contribution in [0.1, 0.15) is 32.6 Å². The van der Waals surface area contributed by atoms with Crippen molar-refractivity contribution >= 4 is 5.69 Å². The molecule has 4 nitrogen and oxygen atoms in total. The van der Waals surface area contributed by atoms with Gasteiger partial charge in [0.05, 0.1) is 18.1 Å². The van der Waals surface area contributed by atoms with E-state index in [0.717, 1.165) is 5.69 Å². The Bertz CT molecular complexity index is 308. The molecule has 1 unspecified atom stereocenters. The maximum absolute atomic E-state index is 5.80. The summed E-state index contributed by atoms with van der Waals surface area (Å²) >= 11 is 0. The lowest BCUT2D eigenvalue weighted by Crippen LogP contribution is -2.44. The molecule has 0 spiro atoms. The molecule has 4 heteroatoms. The molecule has 0 amide bonds. The van der Waals surface area contributed by atoms with E-state index in [9.17, 15) is 0 Å². The molecule has 1 aliphatic carbocycles. The summed E-state index contributed by atoms with van der Waals surface area (Å²) in [5, 5.41) is 0. The van der Waals surface area contributed by atoms with E-state index in [1.807, 2.05) is 12.4 Å². The normalized spacial score (nSPS) is 18.6. The van der Waals surface area contributed by atoms with Crippen molar-refractivity contribution in [3.63, 3.8) is 0 Å². The summed E-state index contributed by atoms with van der Waals surface area (Å²) in [5.74, 6) is 0. The van der Waals surface area contributed by atoms with Crippen molar-refractivity contribution in [3.8, 4) is 0 Å². The predicted molar refractivity (Wildman–Crippen MR) is 65.3 cm³/mol. The van der Waals surface area contributed by atoms with Gasteiger partial charge in [0.2, 0.25) is 0 Å². The van der Waals surface area contributed by atoms with Crippen LogP contribution in [-0.4, -0.2) is 28.6 Å².